The monoisotopic (exact) mass is 250 g/mol. The van der Waals surface area contributed by atoms with Crippen molar-refractivity contribution < 1.29 is 19.4 Å². The average molecular weight is 250 g/mol. The van der Waals surface area contributed by atoms with Crippen LogP contribution in [0.15, 0.2) is 24.3 Å². The smallest absolute Gasteiger partial charge is 0.161 e. The van der Waals surface area contributed by atoms with E-state index in [1.807, 2.05) is 12.2 Å². The molecule has 0 bridgehead atoms. The molecule has 0 aromatic heterocycles. The molecule has 0 fully saturated rings. The zero-order valence-electron chi connectivity index (χ0n) is 10.8. The fraction of sp³-hybridized carbons (Fsp3) is 0.357. The highest BCUT2D eigenvalue weighted by Gasteiger charge is 2.05. The number of methoxy groups -OCH3 is 1. The number of phenols is 1. The van der Waals surface area contributed by atoms with Crippen molar-refractivity contribution in [2.75, 3.05) is 13.7 Å². The van der Waals surface area contributed by atoms with Gasteiger partial charge in [0, 0.05) is 0 Å². The van der Waals surface area contributed by atoms with Crippen molar-refractivity contribution in [1.29, 1.82) is 0 Å². The number of rotatable bonds is 6. The fourth-order valence-electron chi connectivity index (χ4n) is 1.30. The van der Waals surface area contributed by atoms with Crippen LogP contribution in [0.25, 0.3) is 6.08 Å². The van der Waals surface area contributed by atoms with Crippen LogP contribution in [0.3, 0.4) is 0 Å². The Kier molecular flexibility index (Phi) is 5.39. The maximum Gasteiger partial charge on any atom is 0.161 e. The minimum absolute atomic E-state index is 0.00898. The molecule has 4 heteroatoms. The van der Waals surface area contributed by atoms with Crippen LogP contribution in [0.1, 0.15) is 19.4 Å². The predicted octanol–water partition coefficient (Wildman–Crippen LogP) is 2.41. The Bertz CT molecular complexity index is 437. The topological polar surface area (TPSA) is 55.8 Å². The molecule has 1 rings (SSSR count). The summed E-state index contributed by atoms with van der Waals surface area (Å²) in [6, 6.07) is 5.06. The van der Waals surface area contributed by atoms with Crippen molar-refractivity contribution in [1.82, 2.24) is 0 Å². The summed E-state index contributed by atoms with van der Waals surface area (Å²) in [5, 5.41) is 9.43. The van der Waals surface area contributed by atoms with Crippen LogP contribution in [-0.4, -0.2) is 30.7 Å². The second kappa shape index (κ2) is 6.81. The molecule has 0 amide bonds. The normalized spacial score (nSPS) is 12.6. The summed E-state index contributed by atoms with van der Waals surface area (Å²) >= 11 is 0. The number of carbonyl (C=O) groups is 1. The first-order valence-corrected chi connectivity index (χ1v) is 5.70. The van der Waals surface area contributed by atoms with Crippen LogP contribution in [0.2, 0.25) is 0 Å². The molecule has 1 aromatic carbocycles. The molecule has 0 aliphatic heterocycles. The van der Waals surface area contributed by atoms with Gasteiger partial charge in [-0.1, -0.05) is 18.2 Å². The highest BCUT2D eigenvalue weighted by Crippen LogP contribution is 2.26. The van der Waals surface area contributed by atoms with Gasteiger partial charge in [-0.15, -0.1) is 0 Å². The molecule has 0 aliphatic rings. The molecular weight excluding hydrogens is 232 g/mol. The third-order valence-electron chi connectivity index (χ3n) is 2.53. The van der Waals surface area contributed by atoms with Gasteiger partial charge in [-0.05, 0) is 31.5 Å². The lowest BCUT2D eigenvalue weighted by molar-refractivity contribution is -0.126. The first-order chi connectivity index (χ1) is 8.54. The van der Waals surface area contributed by atoms with Crippen LogP contribution in [0.5, 0.6) is 11.5 Å². The van der Waals surface area contributed by atoms with Crippen LogP contribution < -0.4 is 4.74 Å². The SMILES string of the molecule is COc1cc(/C=C/COC(C)C(C)=O)ccc1O. The Morgan fingerprint density at radius 3 is 2.83 bits per heavy atom. The molecule has 0 saturated heterocycles. The van der Waals surface area contributed by atoms with E-state index in [-0.39, 0.29) is 17.6 Å². The van der Waals surface area contributed by atoms with Crippen molar-refractivity contribution >= 4 is 11.9 Å². The van der Waals surface area contributed by atoms with Gasteiger partial charge in [0.1, 0.15) is 6.10 Å². The summed E-state index contributed by atoms with van der Waals surface area (Å²) in [6.45, 7) is 3.59. The van der Waals surface area contributed by atoms with E-state index in [0.717, 1.165) is 5.56 Å². The molecule has 1 unspecified atom stereocenters. The van der Waals surface area contributed by atoms with Gasteiger partial charge < -0.3 is 14.6 Å². The standard InChI is InChI=1S/C14H18O4/c1-10(15)11(2)18-8-4-5-12-6-7-13(16)14(9-12)17-3/h4-7,9,11,16H,8H2,1-3H3/b5-4+. The van der Waals surface area contributed by atoms with Crippen molar-refractivity contribution in [2.45, 2.75) is 20.0 Å². The van der Waals surface area contributed by atoms with Gasteiger partial charge in [0.05, 0.1) is 13.7 Å². The van der Waals surface area contributed by atoms with E-state index in [0.29, 0.717) is 12.4 Å². The van der Waals surface area contributed by atoms with Gasteiger partial charge in [0.2, 0.25) is 0 Å². The number of carbonyl (C=O) groups excluding carboxylic acids is 1. The van der Waals surface area contributed by atoms with Crippen molar-refractivity contribution in [3.63, 3.8) is 0 Å². The molecule has 18 heavy (non-hydrogen) atoms. The minimum atomic E-state index is -0.385. The zero-order valence-corrected chi connectivity index (χ0v) is 10.8. The van der Waals surface area contributed by atoms with Gasteiger partial charge in [0.15, 0.2) is 17.3 Å². The molecule has 0 radical (unpaired) electrons. The molecular formula is C14H18O4. The van der Waals surface area contributed by atoms with Crippen LogP contribution in [0, 0.1) is 0 Å². The Morgan fingerprint density at radius 2 is 2.22 bits per heavy atom. The van der Waals surface area contributed by atoms with Crippen LogP contribution in [-0.2, 0) is 9.53 Å². The molecule has 1 aromatic rings. The van der Waals surface area contributed by atoms with Crippen molar-refractivity contribution in [2.24, 2.45) is 0 Å². The number of aromatic hydroxyl groups is 1. The number of hydrogen-bond acceptors (Lipinski definition) is 4. The highest BCUT2D eigenvalue weighted by atomic mass is 16.5. The van der Waals surface area contributed by atoms with E-state index in [2.05, 4.69) is 0 Å². The lowest BCUT2D eigenvalue weighted by Gasteiger charge is -2.06. The minimum Gasteiger partial charge on any atom is -0.504 e. The molecule has 0 spiro atoms. The zero-order chi connectivity index (χ0) is 13.5. The fourth-order valence-corrected chi connectivity index (χ4v) is 1.30. The van der Waals surface area contributed by atoms with E-state index in [1.165, 1.54) is 14.0 Å². The average Bonchev–Trinajstić information content (AvgIpc) is 2.35. The summed E-state index contributed by atoms with van der Waals surface area (Å²) in [6.07, 6.45) is 3.27. The number of ketones is 1. The van der Waals surface area contributed by atoms with E-state index < -0.39 is 0 Å². The van der Waals surface area contributed by atoms with Gasteiger partial charge in [-0.3, -0.25) is 4.79 Å². The Hall–Kier alpha value is -1.81. The maximum absolute atomic E-state index is 10.9. The summed E-state index contributed by atoms with van der Waals surface area (Å²) in [7, 11) is 1.50. The summed E-state index contributed by atoms with van der Waals surface area (Å²) < 4.78 is 10.3. The molecule has 1 N–H and O–H groups in total. The Labute approximate surface area is 107 Å². The Balaban J connectivity index is 2.54. The lowest BCUT2D eigenvalue weighted by Crippen LogP contribution is -2.17. The van der Waals surface area contributed by atoms with E-state index in [1.54, 1.807) is 25.1 Å². The lowest BCUT2D eigenvalue weighted by atomic mass is 10.2. The van der Waals surface area contributed by atoms with Crippen molar-refractivity contribution in [3.05, 3.63) is 29.8 Å². The first kappa shape index (κ1) is 14.3. The molecule has 0 heterocycles. The number of phenolic OH excluding ortho intramolecular Hbond substituents is 1. The summed E-state index contributed by atoms with van der Waals surface area (Å²) in [5.41, 5.74) is 0.892. The first-order valence-electron chi connectivity index (χ1n) is 5.70. The number of hydrogen-bond donors (Lipinski definition) is 1. The van der Waals surface area contributed by atoms with Gasteiger partial charge in [-0.2, -0.15) is 0 Å². The molecule has 0 aliphatic carbocycles. The van der Waals surface area contributed by atoms with Crippen LogP contribution >= 0.6 is 0 Å². The number of ether oxygens (including phenoxy) is 2. The summed E-state index contributed by atoms with van der Waals surface area (Å²) in [5.74, 6) is 0.543. The number of Topliss-reactive ketones (excluding diaryl/α,β-unsaturated/α-hetero) is 1. The quantitative estimate of drug-likeness (QED) is 0.842. The molecule has 98 valence electrons. The highest BCUT2D eigenvalue weighted by molar-refractivity contribution is 5.79. The van der Waals surface area contributed by atoms with E-state index >= 15 is 0 Å². The number of benzene rings is 1. The largest absolute Gasteiger partial charge is 0.504 e. The molecule has 0 saturated carbocycles. The third-order valence-corrected chi connectivity index (χ3v) is 2.53. The van der Waals surface area contributed by atoms with Gasteiger partial charge in [0.25, 0.3) is 0 Å². The van der Waals surface area contributed by atoms with Crippen LogP contribution in [0.4, 0.5) is 0 Å². The summed E-state index contributed by atoms with van der Waals surface area (Å²) in [4.78, 5) is 10.9. The van der Waals surface area contributed by atoms with Gasteiger partial charge in [-0.25, -0.2) is 0 Å². The Morgan fingerprint density at radius 1 is 1.50 bits per heavy atom. The van der Waals surface area contributed by atoms with Gasteiger partial charge >= 0.3 is 0 Å². The predicted molar refractivity (Wildman–Crippen MR) is 69.8 cm³/mol. The molecule has 4 nitrogen and oxygen atoms in total. The van der Waals surface area contributed by atoms with E-state index in [4.69, 9.17) is 9.47 Å². The van der Waals surface area contributed by atoms with E-state index in [9.17, 15) is 9.90 Å². The maximum atomic E-state index is 10.9. The third kappa shape index (κ3) is 4.22. The second-order valence-corrected chi connectivity index (χ2v) is 3.92. The van der Waals surface area contributed by atoms with Crippen molar-refractivity contribution in [3.8, 4) is 11.5 Å². The second-order valence-electron chi connectivity index (χ2n) is 3.92. The molecule has 1 atom stereocenters.